The third-order valence-corrected chi connectivity index (χ3v) is 2.82. The van der Waals surface area contributed by atoms with Crippen LogP contribution in [0.2, 0.25) is 0 Å². The number of rotatable bonds is 8. The molecule has 112 valence electrons. The van der Waals surface area contributed by atoms with Crippen LogP contribution in [0.15, 0.2) is 0 Å². The van der Waals surface area contributed by atoms with Crippen LogP contribution in [0.4, 0.5) is 0 Å². The second kappa shape index (κ2) is 8.87. The van der Waals surface area contributed by atoms with Crippen molar-refractivity contribution in [2.75, 3.05) is 26.8 Å². The van der Waals surface area contributed by atoms with E-state index >= 15 is 0 Å². The molecule has 0 aliphatic heterocycles. The smallest absolute Gasteiger partial charge is 0.221 e. The van der Waals surface area contributed by atoms with Crippen LogP contribution in [0.3, 0.4) is 0 Å². The Hall–Kier alpha value is -1.14. The maximum absolute atomic E-state index is 11.6. The van der Waals surface area contributed by atoms with Crippen molar-refractivity contribution < 1.29 is 14.3 Å². The summed E-state index contributed by atoms with van der Waals surface area (Å²) in [6, 6.07) is -0.192. The zero-order valence-corrected chi connectivity index (χ0v) is 12.4. The summed E-state index contributed by atoms with van der Waals surface area (Å²) in [6.07, 6.45) is 0.537. The molecule has 19 heavy (non-hydrogen) atoms. The second-order valence-electron chi connectivity index (χ2n) is 5.62. The lowest BCUT2D eigenvalue weighted by molar-refractivity contribution is -0.122. The van der Waals surface area contributed by atoms with Crippen LogP contribution < -0.4 is 16.4 Å². The second-order valence-corrected chi connectivity index (χ2v) is 5.62. The summed E-state index contributed by atoms with van der Waals surface area (Å²) in [5.74, 6) is -0.218. The normalized spacial score (nSPS) is 12.9. The number of amides is 2. The number of methoxy groups -OCH3 is 1. The summed E-state index contributed by atoms with van der Waals surface area (Å²) in [4.78, 5) is 22.9. The van der Waals surface area contributed by atoms with E-state index in [0.29, 0.717) is 19.7 Å². The first kappa shape index (κ1) is 17.9. The van der Waals surface area contributed by atoms with Crippen LogP contribution >= 0.6 is 0 Å². The monoisotopic (exact) mass is 273 g/mol. The zero-order valence-electron chi connectivity index (χ0n) is 12.4. The van der Waals surface area contributed by atoms with E-state index < -0.39 is 0 Å². The van der Waals surface area contributed by atoms with Crippen LogP contribution in [0.5, 0.6) is 0 Å². The number of carbonyl (C=O) groups is 2. The molecule has 6 heteroatoms. The topological polar surface area (TPSA) is 93.5 Å². The third-order valence-electron chi connectivity index (χ3n) is 2.82. The number of hydrogen-bond acceptors (Lipinski definition) is 4. The molecule has 0 heterocycles. The summed E-state index contributed by atoms with van der Waals surface area (Å²) in [6.45, 7) is 7.28. The Morgan fingerprint density at radius 3 is 2.26 bits per heavy atom. The largest absolute Gasteiger partial charge is 0.383 e. The van der Waals surface area contributed by atoms with Gasteiger partial charge in [0.25, 0.3) is 0 Å². The number of carbonyl (C=O) groups excluding carboxylic acids is 2. The van der Waals surface area contributed by atoms with Crippen molar-refractivity contribution in [2.24, 2.45) is 11.1 Å². The Morgan fingerprint density at radius 1 is 1.16 bits per heavy atom. The van der Waals surface area contributed by atoms with E-state index in [2.05, 4.69) is 10.6 Å². The molecule has 1 unspecified atom stereocenters. The highest BCUT2D eigenvalue weighted by Crippen LogP contribution is 2.19. The fourth-order valence-electron chi connectivity index (χ4n) is 1.27. The maximum Gasteiger partial charge on any atom is 0.221 e. The lowest BCUT2D eigenvalue weighted by atomic mass is 9.85. The highest BCUT2D eigenvalue weighted by Gasteiger charge is 2.22. The molecule has 0 spiro atoms. The van der Waals surface area contributed by atoms with Crippen molar-refractivity contribution >= 4 is 11.8 Å². The van der Waals surface area contributed by atoms with E-state index in [1.165, 1.54) is 0 Å². The van der Waals surface area contributed by atoms with Gasteiger partial charge in [-0.2, -0.15) is 0 Å². The quantitative estimate of drug-likeness (QED) is 0.543. The van der Waals surface area contributed by atoms with Crippen LogP contribution in [-0.4, -0.2) is 44.7 Å². The predicted octanol–water partition coefficient (Wildman–Crippen LogP) is 0.0188. The molecule has 0 fully saturated rings. The Balaban J connectivity index is 3.72. The number of nitrogens with two attached hydrogens (primary N) is 1. The van der Waals surface area contributed by atoms with Gasteiger partial charge in [0, 0.05) is 39.1 Å². The molecule has 0 aromatic carbocycles. The molecule has 0 aromatic rings. The summed E-state index contributed by atoms with van der Waals surface area (Å²) < 4.78 is 4.81. The average molecular weight is 273 g/mol. The van der Waals surface area contributed by atoms with E-state index in [1.54, 1.807) is 7.11 Å². The zero-order chi connectivity index (χ0) is 14.9. The van der Waals surface area contributed by atoms with E-state index in [0.717, 1.165) is 0 Å². The van der Waals surface area contributed by atoms with Gasteiger partial charge in [-0.3, -0.25) is 9.59 Å². The fourth-order valence-corrected chi connectivity index (χ4v) is 1.27. The van der Waals surface area contributed by atoms with Crippen molar-refractivity contribution in [2.45, 2.75) is 39.7 Å². The summed E-state index contributed by atoms with van der Waals surface area (Å²) in [5, 5.41) is 5.38. The molecule has 0 radical (unpaired) electrons. The fraction of sp³-hybridized carbons (Fsp3) is 0.846. The van der Waals surface area contributed by atoms with Gasteiger partial charge in [-0.05, 0) is 5.41 Å². The van der Waals surface area contributed by atoms with Crippen LogP contribution in [0.25, 0.3) is 0 Å². The molecule has 4 N–H and O–H groups in total. The standard InChI is InChI=1S/C13H27N3O3/c1-13(2,3)10(14)9-12(18)15-6-5-11(17)16-7-8-19-4/h10H,5-9,14H2,1-4H3,(H,15,18)(H,16,17). The molecule has 0 saturated carbocycles. The van der Waals surface area contributed by atoms with Crippen LogP contribution in [-0.2, 0) is 14.3 Å². The van der Waals surface area contributed by atoms with Gasteiger partial charge in [0.1, 0.15) is 0 Å². The van der Waals surface area contributed by atoms with Crippen molar-refractivity contribution in [1.29, 1.82) is 0 Å². The third kappa shape index (κ3) is 9.44. The molecule has 2 amide bonds. The molecule has 0 aromatic heterocycles. The molecule has 1 atom stereocenters. The summed E-state index contributed by atoms with van der Waals surface area (Å²) in [7, 11) is 1.57. The Kier molecular flexibility index (Phi) is 8.34. The minimum atomic E-state index is -0.192. The minimum absolute atomic E-state index is 0.0996. The number of hydrogen-bond donors (Lipinski definition) is 3. The van der Waals surface area contributed by atoms with Gasteiger partial charge >= 0.3 is 0 Å². The first-order valence-corrected chi connectivity index (χ1v) is 6.55. The first-order valence-electron chi connectivity index (χ1n) is 6.55. The molecular weight excluding hydrogens is 246 g/mol. The molecule has 0 aliphatic carbocycles. The highest BCUT2D eigenvalue weighted by molar-refractivity contribution is 5.79. The van der Waals surface area contributed by atoms with Gasteiger partial charge in [0.05, 0.1) is 6.61 Å². The minimum Gasteiger partial charge on any atom is -0.383 e. The number of nitrogens with one attached hydrogen (secondary N) is 2. The number of ether oxygens (including phenoxy) is 1. The Bertz CT molecular complexity index is 287. The van der Waals surface area contributed by atoms with Gasteiger partial charge in [-0.1, -0.05) is 20.8 Å². The lowest BCUT2D eigenvalue weighted by Crippen LogP contribution is -2.40. The van der Waals surface area contributed by atoms with Gasteiger partial charge in [0.2, 0.25) is 11.8 Å². The van der Waals surface area contributed by atoms with Gasteiger partial charge < -0.3 is 21.1 Å². The van der Waals surface area contributed by atoms with E-state index in [1.807, 2.05) is 20.8 Å². The molecule has 0 saturated heterocycles. The molecule has 0 rings (SSSR count). The van der Waals surface area contributed by atoms with Crippen LogP contribution in [0, 0.1) is 5.41 Å². The maximum atomic E-state index is 11.6. The van der Waals surface area contributed by atoms with Gasteiger partial charge in [0.15, 0.2) is 0 Å². The van der Waals surface area contributed by atoms with E-state index in [9.17, 15) is 9.59 Å². The Labute approximate surface area is 115 Å². The summed E-state index contributed by atoms with van der Waals surface area (Å²) in [5.41, 5.74) is 5.81. The highest BCUT2D eigenvalue weighted by atomic mass is 16.5. The van der Waals surface area contributed by atoms with Crippen molar-refractivity contribution in [3.63, 3.8) is 0 Å². The Morgan fingerprint density at radius 2 is 1.74 bits per heavy atom. The average Bonchev–Trinajstić information content (AvgIpc) is 2.28. The molecule has 0 bridgehead atoms. The van der Waals surface area contributed by atoms with Crippen molar-refractivity contribution in [1.82, 2.24) is 10.6 Å². The van der Waals surface area contributed by atoms with E-state index in [4.69, 9.17) is 10.5 Å². The lowest BCUT2D eigenvalue weighted by Gasteiger charge is -2.26. The van der Waals surface area contributed by atoms with Crippen molar-refractivity contribution in [3.8, 4) is 0 Å². The molecule has 6 nitrogen and oxygen atoms in total. The SMILES string of the molecule is COCCNC(=O)CCNC(=O)CC(N)C(C)(C)C. The van der Waals surface area contributed by atoms with Crippen LogP contribution in [0.1, 0.15) is 33.6 Å². The predicted molar refractivity (Wildman–Crippen MR) is 74.6 cm³/mol. The molecular formula is C13H27N3O3. The van der Waals surface area contributed by atoms with E-state index in [-0.39, 0.29) is 36.1 Å². The van der Waals surface area contributed by atoms with Gasteiger partial charge in [-0.15, -0.1) is 0 Å². The first-order chi connectivity index (χ1) is 8.77. The van der Waals surface area contributed by atoms with Gasteiger partial charge in [-0.25, -0.2) is 0 Å². The molecule has 0 aliphatic rings. The van der Waals surface area contributed by atoms with Crippen molar-refractivity contribution in [3.05, 3.63) is 0 Å². The summed E-state index contributed by atoms with van der Waals surface area (Å²) >= 11 is 0.